The monoisotopic (exact) mass is 312 g/mol. The number of esters is 1. The maximum Gasteiger partial charge on any atom is 0.337 e. The third kappa shape index (κ3) is 2.65. The topological polar surface area (TPSA) is 52.1 Å². The van der Waals surface area contributed by atoms with Gasteiger partial charge in [-0.15, -0.1) is 0 Å². The van der Waals surface area contributed by atoms with Crippen LogP contribution in [-0.2, 0) is 4.74 Å². The van der Waals surface area contributed by atoms with Crippen LogP contribution < -0.4 is 0 Å². The van der Waals surface area contributed by atoms with Crippen molar-refractivity contribution in [1.82, 2.24) is 9.97 Å². The van der Waals surface area contributed by atoms with Gasteiger partial charge in [-0.25, -0.2) is 14.8 Å². The minimum atomic E-state index is -0.350. The van der Waals surface area contributed by atoms with Crippen molar-refractivity contribution in [2.75, 3.05) is 7.11 Å². The molecule has 0 aliphatic heterocycles. The molecule has 0 aliphatic rings. The lowest BCUT2D eigenvalue weighted by atomic mass is 9.97. The van der Waals surface area contributed by atoms with Crippen LogP contribution in [0.2, 0.25) is 5.28 Å². The maximum absolute atomic E-state index is 11.7. The van der Waals surface area contributed by atoms with Crippen LogP contribution in [0.15, 0.2) is 42.6 Å². The number of nitrogens with zero attached hydrogens (tertiary/aromatic N) is 2. The number of hydrogen-bond donors (Lipinski definition) is 0. The van der Waals surface area contributed by atoms with E-state index < -0.39 is 0 Å². The fraction of sp³-hybridized carbons (Fsp3) is 0.118. The summed E-state index contributed by atoms with van der Waals surface area (Å²) in [5.41, 5.74) is 4.34. The molecule has 110 valence electrons. The van der Waals surface area contributed by atoms with Crippen molar-refractivity contribution in [1.29, 1.82) is 0 Å². The number of halogens is 1. The second-order valence-electron chi connectivity index (χ2n) is 4.93. The first kappa shape index (κ1) is 14.5. The van der Waals surface area contributed by atoms with Gasteiger partial charge in [0.1, 0.15) is 0 Å². The van der Waals surface area contributed by atoms with E-state index in [1.165, 1.54) is 7.11 Å². The summed E-state index contributed by atoms with van der Waals surface area (Å²) in [5, 5.41) is 1.12. The number of methoxy groups -OCH3 is 1. The van der Waals surface area contributed by atoms with E-state index in [9.17, 15) is 4.79 Å². The maximum atomic E-state index is 11.7. The highest BCUT2D eigenvalue weighted by Gasteiger charge is 2.10. The zero-order chi connectivity index (χ0) is 15.7. The molecule has 2 aromatic carbocycles. The SMILES string of the molecule is COC(=O)c1ccc(C)c(-c2ccc3nc(Cl)ncc3c2)c1. The fourth-order valence-electron chi connectivity index (χ4n) is 2.36. The molecule has 4 nitrogen and oxygen atoms in total. The number of aryl methyl sites for hydroxylation is 1. The van der Waals surface area contributed by atoms with Crippen molar-refractivity contribution < 1.29 is 9.53 Å². The first-order valence-electron chi connectivity index (χ1n) is 6.70. The first-order valence-corrected chi connectivity index (χ1v) is 7.08. The molecule has 22 heavy (non-hydrogen) atoms. The van der Waals surface area contributed by atoms with Crippen molar-refractivity contribution in [2.45, 2.75) is 6.92 Å². The molecule has 0 unspecified atom stereocenters. The van der Waals surface area contributed by atoms with Crippen LogP contribution in [0.25, 0.3) is 22.0 Å². The van der Waals surface area contributed by atoms with Gasteiger partial charge >= 0.3 is 5.97 Å². The molecule has 0 spiro atoms. The number of rotatable bonds is 2. The average molecular weight is 313 g/mol. The van der Waals surface area contributed by atoms with Gasteiger partial charge in [0.15, 0.2) is 0 Å². The predicted molar refractivity (Wildman–Crippen MR) is 86.1 cm³/mol. The molecule has 0 aliphatic carbocycles. The van der Waals surface area contributed by atoms with Gasteiger partial charge in [-0.2, -0.15) is 0 Å². The number of benzene rings is 2. The normalized spacial score (nSPS) is 10.7. The van der Waals surface area contributed by atoms with Gasteiger partial charge in [0.25, 0.3) is 0 Å². The highest BCUT2D eigenvalue weighted by atomic mass is 35.5. The third-order valence-electron chi connectivity index (χ3n) is 3.52. The largest absolute Gasteiger partial charge is 0.465 e. The summed E-state index contributed by atoms with van der Waals surface area (Å²) >= 11 is 5.80. The van der Waals surface area contributed by atoms with Crippen LogP contribution in [0.5, 0.6) is 0 Å². The van der Waals surface area contributed by atoms with Crippen LogP contribution >= 0.6 is 11.6 Å². The van der Waals surface area contributed by atoms with Gasteiger partial charge in [0.05, 0.1) is 18.2 Å². The van der Waals surface area contributed by atoms with Gasteiger partial charge < -0.3 is 4.74 Å². The lowest BCUT2D eigenvalue weighted by Crippen LogP contribution is -2.01. The molecular formula is C17H13ClN2O2. The molecule has 0 saturated heterocycles. The Morgan fingerprint density at radius 1 is 1.18 bits per heavy atom. The molecule has 0 fully saturated rings. The Kier molecular flexibility index (Phi) is 3.77. The molecule has 0 radical (unpaired) electrons. The standard InChI is InChI=1S/C17H13ClN2O2/c1-10-3-4-12(16(21)22-2)8-14(10)11-5-6-15-13(7-11)9-19-17(18)20-15/h3-9H,1-2H3. The second kappa shape index (κ2) is 5.73. The average Bonchev–Trinajstić information content (AvgIpc) is 2.54. The summed E-state index contributed by atoms with van der Waals surface area (Å²) in [7, 11) is 1.37. The summed E-state index contributed by atoms with van der Waals surface area (Å²) in [5.74, 6) is -0.350. The van der Waals surface area contributed by atoms with E-state index >= 15 is 0 Å². The Hall–Kier alpha value is -2.46. The van der Waals surface area contributed by atoms with Crippen LogP contribution in [-0.4, -0.2) is 23.0 Å². The number of carbonyl (C=O) groups is 1. The fourth-order valence-corrected chi connectivity index (χ4v) is 2.50. The Morgan fingerprint density at radius 3 is 2.77 bits per heavy atom. The summed E-state index contributed by atoms with van der Waals surface area (Å²) in [4.78, 5) is 19.9. The minimum Gasteiger partial charge on any atom is -0.465 e. The van der Waals surface area contributed by atoms with E-state index in [1.54, 1.807) is 12.3 Å². The van der Waals surface area contributed by atoms with Crippen LogP contribution in [0.3, 0.4) is 0 Å². The molecule has 3 aromatic rings. The zero-order valence-corrected chi connectivity index (χ0v) is 12.9. The number of carbonyl (C=O) groups excluding carboxylic acids is 1. The van der Waals surface area contributed by atoms with Crippen molar-refractivity contribution in [3.8, 4) is 11.1 Å². The van der Waals surface area contributed by atoms with E-state index in [0.29, 0.717) is 5.56 Å². The molecule has 3 rings (SSSR count). The molecule has 0 saturated carbocycles. The molecule has 1 heterocycles. The molecule has 0 atom stereocenters. The third-order valence-corrected chi connectivity index (χ3v) is 3.70. The lowest BCUT2D eigenvalue weighted by Gasteiger charge is -2.09. The Morgan fingerprint density at radius 2 is 2.00 bits per heavy atom. The summed E-state index contributed by atoms with van der Waals surface area (Å²) in [6, 6.07) is 11.3. The summed E-state index contributed by atoms with van der Waals surface area (Å²) in [6.07, 6.45) is 1.69. The van der Waals surface area contributed by atoms with Crippen LogP contribution in [0.4, 0.5) is 0 Å². The van der Waals surface area contributed by atoms with Gasteiger partial charge in [0, 0.05) is 11.6 Å². The molecule has 0 N–H and O–H groups in total. The van der Waals surface area contributed by atoms with Crippen molar-refractivity contribution >= 4 is 28.5 Å². The van der Waals surface area contributed by atoms with Gasteiger partial charge in [-0.1, -0.05) is 12.1 Å². The first-order chi connectivity index (χ1) is 10.6. The molecule has 0 bridgehead atoms. The van der Waals surface area contributed by atoms with Crippen molar-refractivity contribution in [3.05, 3.63) is 59.0 Å². The van der Waals surface area contributed by atoms with E-state index in [1.807, 2.05) is 37.3 Å². The highest BCUT2D eigenvalue weighted by Crippen LogP contribution is 2.27. The zero-order valence-electron chi connectivity index (χ0n) is 12.1. The molecule has 5 heteroatoms. The van der Waals surface area contributed by atoms with Gasteiger partial charge in [-0.3, -0.25) is 0 Å². The highest BCUT2D eigenvalue weighted by molar-refractivity contribution is 6.28. The number of fused-ring (bicyclic) bond motifs is 1. The molecule has 1 aromatic heterocycles. The Bertz CT molecular complexity index is 878. The summed E-state index contributed by atoms with van der Waals surface area (Å²) < 4.78 is 4.78. The summed E-state index contributed by atoms with van der Waals surface area (Å²) in [6.45, 7) is 2.00. The van der Waals surface area contributed by atoms with Crippen molar-refractivity contribution in [3.63, 3.8) is 0 Å². The van der Waals surface area contributed by atoms with E-state index in [4.69, 9.17) is 16.3 Å². The van der Waals surface area contributed by atoms with Gasteiger partial charge in [0.2, 0.25) is 5.28 Å². The van der Waals surface area contributed by atoms with E-state index in [-0.39, 0.29) is 11.3 Å². The van der Waals surface area contributed by atoms with Crippen LogP contribution in [0, 0.1) is 6.92 Å². The van der Waals surface area contributed by atoms with E-state index in [2.05, 4.69) is 9.97 Å². The Labute approximate surface area is 132 Å². The van der Waals surface area contributed by atoms with Crippen molar-refractivity contribution in [2.24, 2.45) is 0 Å². The van der Waals surface area contributed by atoms with Gasteiger partial charge in [-0.05, 0) is 59.5 Å². The number of hydrogen-bond acceptors (Lipinski definition) is 4. The van der Waals surface area contributed by atoms with E-state index in [0.717, 1.165) is 27.6 Å². The van der Waals surface area contributed by atoms with Crippen LogP contribution in [0.1, 0.15) is 15.9 Å². The predicted octanol–water partition coefficient (Wildman–Crippen LogP) is 4.05. The second-order valence-corrected chi connectivity index (χ2v) is 5.27. The molecule has 0 amide bonds. The Balaban J connectivity index is 2.14. The smallest absolute Gasteiger partial charge is 0.337 e. The molecular weight excluding hydrogens is 300 g/mol. The number of ether oxygens (including phenoxy) is 1. The quantitative estimate of drug-likeness (QED) is 0.529. The minimum absolute atomic E-state index is 0.226. The lowest BCUT2D eigenvalue weighted by molar-refractivity contribution is 0.0601. The number of aromatic nitrogens is 2.